The van der Waals surface area contributed by atoms with Gasteiger partial charge in [0.2, 0.25) is 5.91 Å². The summed E-state index contributed by atoms with van der Waals surface area (Å²) in [7, 11) is 0. The van der Waals surface area contributed by atoms with Gasteiger partial charge in [-0.2, -0.15) is 13.2 Å². The Hall–Kier alpha value is -3.47. The molecule has 0 aliphatic carbocycles. The average Bonchev–Trinajstić information content (AvgIpc) is 2.81. The molecule has 0 bridgehead atoms. The zero-order valence-electron chi connectivity index (χ0n) is 22.0. The highest BCUT2D eigenvalue weighted by atomic mass is 19.4. The van der Waals surface area contributed by atoms with Crippen molar-refractivity contribution < 1.29 is 32.4 Å². The van der Waals surface area contributed by atoms with Crippen molar-refractivity contribution in [2.24, 2.45) is 10.9 Å². The molecule has 0 aliphatic heterocycles. The van der Waals surface area contributed by atoms with Crippen LogP contribution in [0.15, 0.2) is 53.3 Å². The topological polar surface area (TPSA) is 100 Å². The summed E-state index contributed by atoms with van der Waals surface area (Å²) in [6.07, 6.45) is -2.58. The molecular weight excluding hydrogens is 489 g/mol. The molecule has 0 saturated carbocycles. The van der Waals surface area contributed by atoms with E-state index in [1.165, 1.54) is 24.5 Å². The number of aliphatic imine (C=N–C) groups is 1. The molecule has 2 amide bonds. The number of nitrogens with zero attached hydrogens (tertiary/aromatic N) is 2. The second kappa shape index (κ2) is 14.3. The molecule has 1 aromatic rings. The maximum atomic E-state index is 13.6. The van der Waals surface area contributed by atoms with Crippen LogP contribution in [0.4, 0.5) is 13.2 Å². The Balaban J connectivity index is 3.45. The third kappa shape index (κ3) is 10.2. The van der Waals surface area contributed by atoms with Crippen LogP contribution in [0.25, 0.3) is 0 Å². The number of hydroxylamine groups is 1. The van der Waals surface area contributed by atoms with Crippen molar-refractivity contribution in [2.75, 3.05) is 13.1 Å². The Bertz CT molecular complexity index is 1030. The summed E-state index contributed by atoms with van der Waals surface area (Å²) in [4.78, 5) is 49.1. The van der Waals surface area contributed by atoms with Crippen molar-refractivity contribution >= 4 is 23.8 Å². The van der Waals surface area contributed by atoms with Crippen molar-refractivity contribution in [3.05, 3.63) is 59.4 Å². The minimum absolute atomic E-state index is 0.000146. The Kier molecular flexibility index (Phi) is 12.2. The molecule has 11 heteroatoms. The van der Waals surface area contributed by atoms with Gasteiger partial charge in [-0.1, -0.05) is 38.6 Å². The van der Waals surface area contributed by atoms with E-state index in [1.54, 1.807) is 41.5 Å². The van der Waals surface area contributed by atoms with Gasteiger partial charge in [0, 0.05) is 42.2 Å². The highest BCUT2D eigenvalue weighted by molar-refractivity contribution is 6.14. The number of allylic oxidation sites excluding steroid dienone is 1. The molecule has 0 saturated heterocycles. The van der Waals surface area contributed by atoms with Crippen molar-refractivity contribution in [1.82, 2.24) is 15.7 Å². The summed E-state index contributed by atoms with van der Waals surface area (Å²) in [5.74, 6) is -2.22. The van der Waals surface area contributed by atoms with Crippen molar-refractivity contribution in [2.45, 2.75) is 59.9 Å². The van der Waals surface area contributed by atoms with Crippen LogP contribution in [0, 0.1) is 5.92 Å². The number of alkyl halides is 3. The molecule has 0 spiro atoms. The number of carbonyl (C=O) groups excluding carboxylic acids is 3. The highest BCUT2D eigenvalue weighted by Gasteiger charge is 2.35. The summed E-state index contributed by atoms with van der Waals surface area (Å²) in [5.41, 5.74) is 1.25. The monoisotopic (exact) mass is 524 g/mol. The summed E-state index contributed by atoms with van der Waals surface area (Å²) in [6, 6.07) is 3.77. The largest absolute Gasteiger partial charge is 0.417 e. The number of Topliss-reactive ketones (excluding diaryl/α,β-unsaturated/α-hetero) is 1. The molecule has 0 fully saturated rings. The van der Waals surface area contributed by atoms with Crippen LogP contribution in [0.2, 0.25) is 0 Å². The number of nitrogens with one attached hydrogen (secondary N) is 2. The highest BCUT2D eigenvalue weighted by Crippen LogP contribution is 2.32. The number of ketones is 1. The Labute approximate surface area is 215 Å². The van der Waals surface area contributed by atoms with Crippen LogP contribution in [0.5, 0.6) is 0 Å². The van der Waals surface area contributed by atoms with Gasteiger partial charge < -0.3 is 10.2 Å². The standard InChI is InChI=1S/C26H35F3N4O4/c1-8-30-13-21(19(7)32-37-17(4)5)25(36)33(14-18(6)31-24(35)16(2)3)15-23(34)20-11-9-10-12-22(20)26(27,28)29/h8-13,16-18,32H,1,14-15H2,2-7H3,(H,31,35). The number of carbonyl (C=O) groups is 3. The summed E-state index contributed by atoms with van der Waals surface area (Å²) in [6.45, 7) is 12.8. The predicted octanol–water partition coefficient (Wildman–Crippen LogP) is 4.30. The van der Waals surface area contributed by atoms with Crippen LogP contribution in [-0.4, -0.2) is 53.9 Å². The van der Waals surface area contributed by atoms with Crippen LogP contribution < -0.4 is 10.8 Å². The van der Waals surface area contributed by atoms with E-state index in [0.717, 1.165) is 17.0 Å². The Morgan fingerprint density at radius 2 is 1.76 bits per heavy atom. The fourth-order valence-corrected chi connectivity index (χ4v) is 3.11. The number of benzene rings is 1. The number of hydrogen-bond acceptors (Lipinski definition) is 6. The van der Waals surface area contributed by atoms with E-state index in [4.69, 9.17) is 4.84 Å². The minimum Gasteiger partial charge on any atom is -0.352 e. The molecule has 0 heterocycles. The number of amides is 2. The fraction of sp³-hybridized carbons (Fsp3) is 0.462. The van der Waals surface area contributed by atoms with E-state index in [2.05, 4.69) is 22.4 Å². The lowest BCUT2D eigenvalue weighted by atomic mass is 10.0. The summed E-state index contributed by atoms with van der Waals surface area (Å²) < 4.78 is 40.6. The molecule has 37 heavy (non-hydrogen) atoms. The molecule has 1 unspecified atom stereocenters. The van der Waals surface area contributed by atoms with Gasteiger partial charge in [0.15, 0.2) is 5.78 Å². The number of rotatable bonds is 13. The molecule has 1 rings (SSSR count). The number of halogens is 3. The first-order chi connectivity index (χ1) is 17.2. The first kappa shape index (κ1) is 31.6. The van der Waals surface area contributed by atoms with E-state index < -0.39 is 41.6 Å². The van der Waals surface area contributed by atoms with Gasteiger partial charge in [-0.15, -0.1) is 0 Å². The molecule has 8 nitrogen and oxygen atoms in total. The van der Waals surface area contributed by atoms with Gasteiger partial charge in [-0.25, -0.2) is 0 Å². The quantitative estimate of drug-likeness (QED) is 0.174. The number of hydrogen-bond donors (Lipinski definition) is 2. The molecule has 2 N–H and O–H groups in total. The van der Waals surface area contributed by atoms with Gasteiger partial charge in [0.05, 0.1) is 23.8 Å². The molecule has 0 radical (unpaired) electrons. The van der Waals surface area contributed by atoms with E-state index in [0.29, 0.717) is 0 Å². The Morgan fingerprint density at radius 1 is 1.14 bits per heavy atom. The first-order valence-electron chi connectivity index (χ1n) is 11.7. The van der Waals surface area contributed by atoms with Crippen LogP contribution >= 0.6 is 0 Å². The predicted molar refractivity (Wildman–Crippen MR) is 136 cm³/mol. The molecule has 1 atom stereocenters. The maximum Gasteiger partial charge on any atom is 0.417 e. The second-order valence-electron chi connectivity index (χ2n) is 8.98. The summed E-state index contributed by atoms with van der Waals surface area (Å²) in [5, 5.41) is 2.73. The third-order valence-electron chi connectivity index (χ3n) is 4.95. The Morgan fingerprint density at radius 3 is 2.30 bits per heavy atom. The lowest BCUT2D eigenvalue weighted by Gasteiger charge is -2.28. The van der Waals surface area contributed by atoms with Gasteiger partial charge in [-0.3, -0.25) is 29.7 Å². The second-order valence-corrected chi connectivity index (χ2v) is 8.98. The van der Waals surface area contributed by atoms with Crippen molar-refractivity contribution in [1.29, 1.82) is 0 Å². The van der Waals surface area contributed by atoms with E-state index in [9.17, 15) is 27.6 Å². The van der Waals surface area contributed by atoms with Crippen LogP contribution in [-0.2, 0) is 20.6 Å². The van der Waals surface area contributed by atoms with E-state index >= 15 is 0 Å². The zero-order valence-corrected chi connectivity index (χ0v) is 22.0. The molecule has 0 aliphatic rings. The molecule has 1 aromatic carbocycles. The SMILES string of the molecule is C=CN=CC(C(=O)N(CC(=O)c1ccccc1C(F)(F)F)CC(C)NC(=O)C(C)C)=C(C)NOC(C)C. The lowest BCUT2D eigenvalue weighted by Crippen LogP contribution is -2.48. The normalized spacial score (nSPS) is 13.4. The fourth-order valence-electron chi connectivity index (χ4n) is 3.11. The van der Waals surface area contributed by atoms with Crippen molar-refractivity contribution in [3.63, 3.8) is 0 Å². The van der Waals surface area contributed by atoms with Crippen LogP contribution in [0.1, 0.15) is 57.5 Å². The molecule has 0 aromatic heterocycles. The van der Waals surface area contributed by atoms with Crippen molar-refractivity contribution in [3.8, 4) is 0 Å². The maximum absolute atomic E-state index is 13.6. The van der Waals surface area contributed by atoms with E-state index in [-0.39, 0.29) is 35.7 Å². The molecular formula is C26H35F3N4O4. The summed E-state index contributed by atoms with van der Waals surface area (Å²) >= 11 is 0. The molecule has 204 valence electrons. The van der Waals surface area contributed by atoms with E-state index in [1.807, 2.05) is 0 Å². The third-order valence-corrected chi connectivity index (χ3v) is 4.95. The first-order valence-corrected chi connectivity index (χ1v) is 11.7. The van der Waals surface area contributed by atoms with Gasteiger partial charge in [0.1, 0.15) is 0 Å². The van der Waals surface area contributed by atoms with Gasteiger partial charge in [0.25, 0.3) is 5.91 Å². The minimum atomic E-state index is -4.75. The average molecular weight is 525 g/mol. The van der Waals surface area contributed by atoms with Gasteiger partial charge in [-0.05, 0) is 33.8 Å². The zero-order chi connectivity index (χ0) is 28.3. The lowest BCUT2D eigenvalue weighted by molar-refractivity contribution is -0.138. The van der Waals surface area contributed by atoms with Gasteiger partial charge >= 0.3 is 6.18 Å². The smallest absolute Gasteiger partial charge is 0.352 e. The van der Waals surface area contributed by atoms with Crippen LogP contribution in [0.3, 0.4) is 0 Å².